The molecule has 1 fully saturated rings. The molecule has 0 radical (unpaired) electrons. The van der Waals surface area contributed by atoms with Crippen molar-refractivity contribution in [1.82, 2.24) is 23.9 Å². The highest BCUT2D eigenvalue weighted by Gasteiger charge is 2.30. The molecule has 1 N–H and O–H groups in total. The van der Waals surface area contributed by atoms with Crippen molar-refractivity contribution in [3.05, 3.63) is 87.1 Å². The van der Waals surface area contributed by atoms with Crippen LogP contribution < -0.4 is 10.9 Å². The number of rotatable bonds is 5. The fraction of sp³-hybridized carbons (Fsp3) is 0.387. The first-order chi connectivity index (χ1) is 19.7. The van der Waals surface area contributed by atoms with Crippen molar-refractivity contribution in [3.63, 3.8) is 0 Å². The topological polar surface area (TPSA) is 75.4 Å². The van der Waals surface area contributed by atoms with Crippen LogP contribution in [-0.4, -0.2) is 63.6 Å². The fourth-order valence-corrected chi connectivity index (χ4v) is 6.45. The van der Waals surface area contributed by atoms with Crippen LogP contribution in [0.15, 0.2) is 47.5 Å². The van der Waals surface area contributed by atoms with Crippen LogP contribution in [-0.2, 0) is 13.5 Å². The third-order valence-corrected chi connectivity index (χ3v) is 8.73. The van der Waals surface area contributed by atoms with Crippen molar-refractivity contribution in [3.8, 4) is 5.69 Å². The second-order valence-electron chi connectivity index (χ2n) is 11.3. The summed E-state index contributed by atoms with van der Waals surface area (Å²) in [6.07, 6.45) is 5.46. The highest BCUT2D eigenvalue weighted by atomic mass is 19.1. The summed E-state index contributed by atoms with van der Waals surface area (Å²) in [6, 6.07) is 8.26. The number of pyridine rings is 2. The predicted molar refractivity (Wildman–Crippen MR) is 155 cm³/mol. The van der Waals surface area contributed by atoms with Gasteiger partial charge in [-0.2, -0.15) is 0 Å². The number of carbonyl (C=O) groups is 1. The molecule has 2 aliphatic heterocycles. The first-order valence-electron chi connectivity index (χ1n) is 14.0. The number of likely N-dealkylation sites (tertiary alicyclic amines) is 1. The van der Waals surface area contributed by atoms with Crippen molar-refractivity contribution in [2.24, 2.45) is 7.05 Å². The number of halogens is 2. The van der Waals surface area contributed by atoms with Crippen molar-refractivity contribution < 1.29 is 13.6 Å². The largest absolute Gasteiger partial charge is 0.384 e. The van der Waals surface area contributed by atoms with Crippen LogP contribution in [0.5, 0.6) is 0 Å². The van der Waals surface area contributed by atoms with Crippen LogP contribution in [0.4, 0.5) is 14.5 Å². The number of fused-ring (bicyclic) bond motifs is 2. The lowest BCUT2D eigenvalue weighted by atomic mass is 9.87. The fourth-order valence-electron chi connectivity index (χ4n) is 6.45. The summed E-state index contributed by atoms with van der Waals surface area (Å²) < 4.78 is 33.8. The summed E-state index contributed by atoms with van der Waals surface area (Å²) in [5.74, 6) is -2.01. The van der Waals surface area contributed by atoms with Crippen LogP contribution in [0.25, 0.3) is 16.7 Å². The number of carbonyl (C=O) groups excluding carboxylic acids is 1. The van der Waals surface area contributed by atoms with Gasteiger partial charge in [0.25, 0.3) is 11.5 Å². The van der Waals surface area contributed by atoms with Gasteiger partial charge in [0.2, 0.25) is 0 Å². The highest BCUT2D eigenvalue weighted by Crippen LogP contribution is 2.36. The minimum Gasteiger partial charge on any atom is -0.384 e. The molecule has 0 spiro atoms. The number of nitrogens with one attached hydrogen (secondary N) is 1. The molecule has 0 saturated carbocycles. The first-order valence-corrected chi connectivity index (χ1v) is 14.0. The average molecular weight is 561 g/mol. The minimum atomic E-state index is -0.661. The SMILES string of the molecule is C[C@@H](c1cc2c(-n3ccc4c(c3=O)CCN4)ccnc2n1C)N1CCC(c2c(F)cc(C(=O)N(C)C)cc2F)CC1. The molecular formula is C31H34F2N6O2. The van der Waals surface area contributed by atoms with E-state index < -0.39 is 17.5 Å². The van der Waals surface area contributed by atoms with Gasteiger partial charge in [-0.15, -0.1) is 0 Å². The van der Waals surface area contributed by atoms with Crippen molar-refractivity contribution in [2.75, 3.05) is 39.0 Å². The van der Waals surface area contributed by atoms with Gasteiger partial charge in [0.1, 0.15) is 17.3 Å². The Morgan fingerprint density at radius 3 is 2.51 bits per heavy atom. The Hall–Kier alpha value is -4.05. The second kappa shape index (κ2) is 10.4. The van der Waals surface area contributed by atoms with E-state index in [1.807, 2.05) is 25.4 Å². The third-order valence-electron chi connectivity index (χ3n) is 8.73. The van der Waals surface area contributed by atoms with Crippen molar-refractivity contribution >= 4 is 22.6 Å². The van der Waals surface area contributed by atoms with Gasteiger partial charge in [0.05, 0.1) is 5.69 Å². The van der Waals surface area contributed by atoms with Gasteiger partial charge in [-0.05, 0) is 75.5 Å². The molecule has 8 nitrogen and oxygen atoms in total. The summed E-state index contributed by atoms with van der Waals surface area (Å²) in [6.45, 7) is 4.24. The molecule has 0 unspecified atom stereocenters. The lowest BCUT2D eigenvalue weighted by Gasteiger charge is -2.36. The normalized spacial score (nSPS) is 16.5. The molecule has 10 heteroatoms. The smallest absolute Gasteiger partial charge is 0.260 e. The molecule has 3 aromatic heterocycles. The van der Waals surface area contributed by atoms with Gasteiger partial charge >= 0.3 is 0 Å². The zero-order valence-electron chi connectivity index (χ0n) is 23.7. The zero-order chi connectivity index (χ0) is 29.0. The molecular weight excluding hydrogens is 526 g/mol. The number of benzene rings is 1. The summed E-state index contributed by atoms with van der Waals surface area (Å²) >= 11 is 0. The molecule has 1 amide bonds. The van der Waals surface area contributed by atoms with Gasteiger partial charge in [0.15, 0.2) is 0 Å². The number of amides is 1. The summed E-state index contributed by atoms with van der Waals surface area (Å²) in [5, 5.41) is 4.16. The number of hydrogen-bond acceptors (Lipinski definition) is 5. The Morgan fingerprint density at radius 2 is 1.83 bits per heavy atom. The van der Waals surface area contributed by atoms with E-state index in [9.17, 15) is 9.59 Å². The van der Waals surface area contributed by atoms with Crippen LogP contribution in [0.2, 0.25) is 0 Å². The van der Waals surface area contributed by atoms with E-state index >= 15 is 8.78 Å². The number of aryl methyl sites for hydroxylation is 1. The number of anilines is 1. The van der Waals surface area contributed by atoms with E-state index in [1.54, 1.807) is 24.9 Å². The second-order valence-corrected chi connectivity index (χ2v) is 11.3. The lowest BCUT2D eigenvalue weighted by molar-refractivity contribution is 0.0826. The molecule has 1 aromatic carbocycles. The maximum absolute atomic E-state index is 15.0. The summed E-state index contributed by atoms with van der Waals surface area (Å²) in [5.41, 5.74) is 4.42. The molecule has 0 bridgehead atoms. The number of piperidine rings is 1. The molecule has 5 heterocycles. The van der Waals surface area contributed by atoms with E-state index in [-0.39, 0.29) is 28.6 Å². The van der Waals surface area contributed by atoms with Gasteiger partial charge in [-0.25, -0.2) is 13.8 Å². The van der Waals surface area contributed by atoms with E-state index in [0.717, 1.165) is 52.3 Å². The van der Waals surface area contributed by atoms with Crippen LogP contribution >= 0.6 is 0 Å². The molecule has 6 rings (SSSR count). The van der Waals surface area contributed by atoms with Gasteiger partial charge in [-0.3, -0.25) is 19.1 Å². The molecule has 1 atom stereocenters. The van der Waals surface area contributed by atoms with E-state index in [1.165, 1.54) is 4.90 Å². The Labute approximate surface area is 237 Å². The monoisotopic (exact) mass is 560 g/mol. The third kappa shape index (κ3) is 4.60. The Bertz CT molecular complexity index is 1690. The summed E-state index contributed by atoms with van der Waals surface area (Å²) in [4.78, 5) is 33.7. The summed E-state index contributed by atoms with van der Waals surface area (Å²) in [7, 11) is 5.09. The Kier molecular flexibility index (Phi) is 6.89. The van der Waals surface area contributed by atoms with Crippen LogP contribution in [0.1, 0.15) is 58.9 Å². The number of nitrogens with zero attached hydrogens (tertiary/aromatic N) is 5. The first kappa shape index (κ1) is 27.1. The van der Waals surface area contributed by atoms with Gasteiger partial charge < -0.3 is 14.8 Å². The molecule has 2 aliphatic rings. The number of aromatic nitrogens is 3. The highest BCUT2D eigenvalue weighted by molar-refractivity contribution is 5.94. The molecule has 1 saturated heterocycles. The van der Waals surface area contributed by atoms with Crippen LogP contribution in [0.3, 0.4) is 0 Å². The number of hydrogen-bond donors (Lipinski definition) is 1. The van der Waals surface area contributed by atoms with E-state index in [2.05, 4.69) is 32.8 Å². The molecule has 0 aliphatic carbocycles. The zero-order valence-corrected chi connectivity index (χ0v) is 23.7. The Morgan fingerprint density at radius 1 is 1.12 bits per heavy atom. The average Bonchev–Trinajstić information content (AvgIpc) is 3.58. The van der Waals surface area contributed by atoms with E-state index in [0.29, 0.717) is 32.4 Å². The van der Waals surface area contributed by atoms with Crippen molar-refractivity contribution in [1.29, 1.82) is 0 Å². The van der Waals surface area contributed by atoms with Crippen LogP contribution in [0, 0.1) is 11.6 Å². The van der Waals surface area contributed by atoms with Gasteiger partial charge in [0, 0.05) is 79.6 Å². The Balaban J connectivity index is 1.24. The van der Waals surface area contributed by atoms with Crippen molar-refractivity contribution in [2.45, 2.75) is 38.1 Å². The maximum Gasteiger partial charge on any atom is 0.260 e. The van der Waals surface area contributed by atoms with E-state index in [4.69, 9.17) is 0 Å². The molecule has 214 valence electrons. The quantitative estimate of drug-likeness (QED) is 0.386. The molecule has 41 heavy (non-hydrogen) atoms. The lowest BCUT2D eigenvalue weighted by Crippen LogP contribution is -2.36. The molecule has 4 aromatic rings. The maximum atomic E-state index is 15.0. The standard InChI is InChI=1S/C31H34F2N6O2/c1-18(38-12-7-19(8-13-38)28-23(32)15-20(16-24(28)33)30(40)36(2)3)27-17-22-26(6-11-35-29(22)37(27)4)39-14-9-25-21(31(39)41)5-10-34-25/h6,9,11,14-19,34H,5,7-8,10,12-13H2,1-4H3/t18-/m0/s1. The minimum absolute atomic E-state index is 0.0147. The predicted octanol–water partition coefficient (Wildman–Crippen LogP) is 4.61. The van der Waals surface area contributed by atoms with Gasteiger partial charge in [-0.1, -0.05) is 0 Å².